The maximum absolute atomic E-state index is 10.9. The molecule has 0 bridgehead atoms. The van der Waals surface area contributed by atoms with Crippen LogP contribution in [0.3, 0.4) is 0 Å². The summed E-state index contributed by atoms with van der Waals surface area (Å²) in [4.78, 5) is 10.3. The van der Waals surface area contributed by atoms with Gasteiger partial charge in [0.05, 0.1) is 22.6 Å². The molecule has 1 rings (SSSR count). The molecule has 5 nitrogen and oxygen atoms in total. The Bertz CT molecular complexity index is 423. The lowest BCUT2D eigenvalue weighted by molar-refractivity contribution is -0.385. The van der Waals surface area contributed by atoms with Crippen LogP contribution < -0.4 is 5.73 Å². The fourth-order valence-electron chi connectivity index (χ4n) is 1.56. The number of rotatable bonds is 4. The first-order valence-electron chi connectivity index (χ1n) is 5.22. The van der Waals surface area contributed by atoms with Crippen LogP contribution in [0.5, 0.6) is 0 Å². The van der Waals surface area contributed by atoms with E-state index in [0.29, 0.717) is 5.02 Å². The summed E-state index contributed by atoms with van der Waals surface area (Å²) in [5.41, 5.74) is 5.96. The van der Waals surface area contributed by atoms with Gasteiger partial charge in [-0.05, 0) is 18.1 Å². The van der Waals surface area contributed by atoms with Gasteiger partial charge in [-0.3, -0.25) is 10.1 Å². The summed E-state index contributed by atoms with van der Waals surface area (Å²) in [5, 5.41) is 21.1. The topological polar surface area (TPSA) is 89.4 Å². The summed E-state index contributed by atoms with van der Waals surface area (Å²) in [5.74, 6) is -0.0939. The summed E-state index contributed by atoms with van der Waals surface area (Å²) in [6.45, 7) is 3.59. The van der Waals surface area contributed by atoms with E-state index in [0.717, 1.165) is 0 Å². The number of benzene rings is 1. The SMILES string of the molecule is CC(C)[C@@H](O)[C@@H](N)c1cc(Cl)ccc1[N+](=O)[O-]. The van der Waals surface area contributed by atoms with Crippen molar-refractivity contribution in [2.75, 3.05) is 0 Å². The Morgan fingerprint density at radius 3 is 2.53 bits per heavy atom. The molecule has 1 aromatic rings. The molecule has 17 heavy (non-hydrogen) atoms. The number of nitro benzene ring substituents is 1. The van der Waals surface area contributed by atoms with E-state index in [1.54, 1.807) is 13.8 Å². The molecule has 0 saturated heterocycles. The third-order valence-electron chi connectivity index (χ3n) is 2.60. The Morgan fingerprint density at radius 2 is 2.06 bits per heavy atom. The van der Waals surface area contributed by atoms with Gasteiger partial charge in [-0.2, -0.15) is 0 Å². The van der Waals surface area contributed by atoms with Gasteiger partial charge >= 0.3 is 0 Å². The van der Waals surface area contributed by atoms with Crippen molar-refractivity contribution in [3.63, 3.8) is 0 Å². The highest BCUT2D eigenvalue weighted by molar-refractivity contribution is 6.30. The van der Waals surface area contributed by atoms with Crippen molar-refractivity contribution in [3.05, 3.63) is 38.9 Å². The summed E-state index contributed by atoms with van der Waals surface area (Å²) in [7, 11) is 0. The molecule has 0 aliphatic carbocycles. The Labute approximate surface area is 104 Å². The van der Waals surface area contributed by atoms with E-state index in [1.165, 1.54) is 18.2 Å². The van der Waals surface area contributed by atoms with Crippen LogP contribution in [0.4, 0.5) is 5.69 Å². The smallest absolute Gasteiger partial charge is 0.274 e. The molecule has 0 heterocycles. The van der Waals surface area contributed by atoms with Crippen LogP contribution in [0.25, 0.3) is 0 Å². The van der Waals surface area contributed by atoms with Crippen molar-refractivity contribution in [3.8, 4) is 0 Å². The fraction of sp³-hybridized carbons (Fsp3) is 0.455. The Morgan fingerprint density at radius 1 is 1.47 bits per heavy atom. The number of nitro groups is 1. The molecule has 6 heteroatoms. The zero-order valence-electron chi connectivity index (χ0n) is 9.63. The van der Waals surface area contributed by atoms with Crippen LogP contribution in [0.2, 0.25) is 5.02 Å². The van der Waals surface area contributed by atoms with E-state index in [1.807, 2.05) is 0 Å². The number of aliphatic hydroxyl groups is 1. The minimum Gasteiger partial charge on any atom is -0.391 e. The van der Waals surface area contributed by atoms with Crippen molar-refractivity contribution >= 4 is 17.3 Å². The quantitative estimate of drug-likeness (QED) is 0.640. The fourth-order valence-corrected chi connectivity index (χ4v) is 1.74. The number of nitrogens with two attached hydrogens (primary N) is 1. The number of hydrogen-bond acceptors (Lipinski definition) is 4. The van der Waals surface area contributed by atoms with Gasteiger partial charge in [0.2, 0.25) is 0 Å². The van der Waals surface area contributed by atoms with Crippen LogP contribution in [0.15, 0.2) is 18.2 Å². The third kappa shape index (κ3) is 3.15. The maximum Gasteiger partial charge on any atom is 0.274 e. The minimum absolute atomic E-state index is 0.0939. The Kier molecular flexibility index (Phi) is 4.45. The molecule has 1 aromatic carbocycles. The molecule has 0 saturated carbocycles. The van der Waals surface area contributed by atoms with Crippen molar-refractivity contribution < 1.29 is 10.0 Å². The van der Waals surface area contributed by atoms with Gasteiger partial charge in [0, 0.05) is 11.1 Å². The van der Waals surface area contributed by atoms with Gasteiger partial charge in [-0.1, -0.05) is 25.4 Å². The summed E-state index contributed by atoms with van der Waals surface area (Å²) in [6.07, 6.45) is -0.854. The van der Waals surface area contributed by atoms with E-state index in [-0.39, 0.29) is 17.2 Å². The summed E-state index contributed by atoms with van der Waals surface area (Å²) >= 11 is 5.79. The second kappa shape index (κ2) is 5.44. The van der Waals surface area contributed by atoms with Crippen LogP contribution in [0.1, 0.15) is 25.5 Å². The molecule has 0 aromatic heterocycles. The van der Waals surface area contributed by atoms with E-state index in [2.05, 4.69) is 0 Å². The van der Waals surface area contributed by atoms with Gasteiger partial charge in [0.25, 0.3) is 5.69 Å². The molecule has 0 amide bonds. The zero-order valence-corrected chi connectivity index (χ0v) is 10.4. The minimum atomic E-state index is -0.854. The van der Waals surface area contributed by atoms with E-state index >= 15 is 0 Å². The average Bonchev–Trinajstić information content (AvgIpc) is 2.26. The molecule has 3 N–H and O–H groups in total. The van der Waals surface area contributed by atoms with Gasteiger partial charge in [0.1, 0.15) is 0 Å². The first kappa shape index (κ1) is 13.9. The molecule has 0 aliphatic heterocycles. The molecule has 0 spiro atoms. The first-order chi connectivity index (χ1) is 7.84. The van der Waals surface area contributed by atoms with E-state index in [4.69, 9.17) is 17.3 Å². The lowest BCUT2D eigenvalue weighted by Crippen LogP contribution is -2.31. The van der Waals surface area contributed by atoms with E-state index < -0.39 is 17.1 Å². The zero-order chi connectivity index (χ0) is 13.2. The Balaban J connectivity index is 3.19. The van der Waals surface area contributed by atoms with Gasteiger partial charge in [0.15, 0.2) is 0 Å². The van der Waals surface area contributed by atoms with Crippen molar-refractivity contribution in [1.82, 2.24) is 0 Å². The van der Waals surface area contributed by atoms with Crippen LogP contribution in [-0.2, 0) is 0 Å². The molecule has 94 valence electrons. The molecule has 0 unspecified atom stereocenters. The summed E-state index contributed by atoms with van der Waals surface area (Å²) < 4.78 is 0. The van der Waals surface area contributed by atoms with Gasteiger partial charge in [-0.25, -0.2) is 0 Å². The van der Waals surface area contributed by atoms with Crippen molar-refractivity contribution in [1.29, 1.82) is 0 Å². The molecular weight excluding hydrogens is 244 g/mol. The molecule has 0 aliphatic rings. The average molecular weight is 259 g/mol. The number of hydrogen-bond donors (Lipinski definition) is 2. The van der Waals surface area contributed by atoms with Crippen molar-refractivity contribution in [2.24, 2.45) is 11.7 Å². The first-order valence-corrected chi connectivity index (χ1v) is 5.60. The summed E-state index contributed by atoms with van der Waals surface area (Å²) in [6, 6.07) is 3.33. The highest BCUT2D eigenvalue weighted by Crippen LogP contribution is 2.30. The lowest BCUT2D eigenvalue weighted by atomic mass is 9.93. The molecule has 0 radical (unpaired) electrons. The van der Waals surface area contributed by atoms with Crippen LogP contribution in [0, 0.1) is 16.0 Å². The highest BCUT2D eigenvalue weighted by atomic mass is 35.5. The monoisotopic (exact) mass is 258 g/mol. The largest absolute Gasteiger partial charge is 0.391 e. The highest BCUT2D eigenvalue weighted by Gasteiger charge is 2.26. The Hall–Kier alpha value is -1.17. The molecule has 2 atom stereocenters. The standard InChI is InChI=1S/C11H15ClN2O3/c1-6(2)11(15)10(13)8-5-7(12)3-4-9(8)14(16)17/h3-6,10-11,15H,13H2,1-2H3/t10-,11+/m0/s1. The van der Waals surface area contributed by atoms with Gasteiger partial charge < -0.3 is 10.8 Å². The number of nitrogens with zero attached hydrogens (tertiary/aromatic N) is 1. The third-order valence-corrected chi connectivity index (χ3v) is 2.83. The predicted molar refractivity (Wildman–Crippen MR) is 65.9 cm³/mol. The lowest BCUT2D eigenvalue weighted by Gasteiger charge is -2.22. The van der Waals surface area contributed by atoms with Crippen molar-refractivity contribution in [2.45, 2.75) is 26.0 Å². The van der Waals surface area contributed by atoms with E-state index in [9.17, 15) is 15.2 Å². The number of aliphatic hydroxyl groups excluding tert-OH is 1. The normalized spacial score (nSPS) is 14.7. The van der Waals surface area contributed by atoms with Gasteiger partial charge in [-0.15, -0.1) is 0 Å². The van der Waals surface area contributed by atoms with Crippen LogP contribution in [-0.4, -0.2) is 16.1 Å². The van der Waals surface area contributed by atoms with Crippen LogP contribution >= 0.6 is 11.6 Å². The molecular formula is C11H15ClN2O3. The number of halogens is 1. The maximum atomic E-state index is 10.9. The predicted octanol–water partition coefficient (Wildman–Crippen LogP) is 2.26. The molecule has 0 fully saturated rings. The second-order valence-electron chi connectivity index (χ2n) is 4.22. The second-order valence-corrected chi connectivity index (χ2v) is 4.66.